The zero-order chi connectivity index (χ0) is 15.2. The van der Waals surface area contributed by atoms with E-state index >= 15 is 0 Å². The Hall–Kier alpha value is -2.34. The lowest BCUT2D eigenvalue weighted by Gasteiger charge is -2.09. The molecule has 1 amide bonds. The van der Waals surface area contributed by atoms with Crippen molar-refractivity contribution in [2.45, 2.75) is 19.4 Å². The van der Waals surface area contributed by atoms with Gasteiger partial charge in [-0.3, -0.25) is 4.79 Å². The van der Waals surface area contributed by atoms with Gasteiger partial charge in [0.25, 0.3) is 0 Å². The van der Waals surface area contributed by atoms with Crippen molar-refractivity contribution in [2.75, 3.05) is 13.7 Å². The first-order chi connectivity index (χ1) is 10.1. The summed E-state index contributed by atoms with van der Waals surface area (Å²) in [4.78, 5) is 11.7. The first kappa shape index (κ1) is 15.1. The van der Waals surface area contributed by atoms with E-state index in [4.69, 9.17) is 14.4 Å². The maximum atomic E-state index is 11.7. The Bertz CT molecular complexity index is 609. The van der Waals surface area contributed by atoms with Gasteiger partial charge in [-0.05, 0) is 19.1 Å². The largest absolute Gasteiger partial charge is 0.497 e. The van der Waals surface area contributed by atoms with Crippen LogP contribution in [0.2, 0.25) is 0 Å². The van der Waals surface area contributed by atoms with Gasteiger partial charge in [0.15, 0.2) is 5.76 Å². The van der Waals surface area contributed by atoms with Gasteiger partial charge in [-0.1, -0.05) is 17.3 Å². The highest BCUT2D eigenvalue weighted by Gasteiger charge is 2.12. The Labute approximate surface area is 122 Å². The number of aromatic nitrogens is 1. The van der Waals surface area contributed by atoms with Crippen molar-refractivity contribution in [2.24, 2.45) is 0 Å². The average molecular weight is 290 g/mol. The van der Waals surface area contributed by atoms with Gasteiger partial charge in [0.1, 0.15) is 5.75 Å². The minimum Gasteiger partial charge on any atom is -0.497 e. The fourth-order valence-electron chi connectivity index (χ4n) is 1.84. The molecule has 1 aromatic carbocycles. The van der Waals surface area contributed by atoms with Crippen molar-refractivity contribution in [1.82, 2.24) is 10.5 Å². The fraction of sp³-hybridized carbons (Fsp3) is 0.333. The van der Waals surface area contributed by atoms with Crippen molar-refractivity contribution < 1.29 is 19.2 Å². The molecule has 21 heavy (non-hydrogen) atoms. The van der Waals surface area contributed by atoms with Gasteiger partial charge < -0.3 is 19.7 Å². The molecule has 2 N–H and O–H groups in total. The Kier molecular flexibility index (Phi) is 4.94. The molecule has 0 saturated heterocycles. The van der Waals surface area contributed by atoms with Crippen LogP contribution >= 0.6 is 0 Å². The van der Waals surface area contributed by atoms with Crippen molar-refractivity contribution in [3.05, 3.63) is 36.0 Å². The number of hydrogen-bond acceptors (Lipinski definition) is 5. The van der Waals surface area contributed by atoms with E-state index in [1.54, 1.807) is 20.1 Å². The molecule has 0 aliphatic rings. The van der Waals surface area contributed by atoms with Gasteiger partial charge in [0.05, 0.1) is 25.8 Å². The highest BCUT2D eigenvalue weighted by molar-refractivity contribution is 5.78. The van der Waals surface area contributed by atoms with Crippen LogP contribution in [-0.2, 0) is 11.2 Å². The third-order valence-corrected chi connectivity index (χ3v) is 2.94. The normalized spacial score (nSPS) is 12.0. The van der Waals surface area contributed by atoms with Gasteiger partial charge >= 0.3 is 0 Å². The molecule has 1 atom stereocenters. The summed E-state index contributed by atoms with van der Waals surface area (Å²) >= 11 is 0. The van der Waals surface area contributed by atoms with Crippen molar-refractivity contribution in [1.29, 1.82) is 0 Å². The molecule has 0 radical (unpaired) electrons. The number of rotatable bonds is 6. The number of hydrogen-bond donors (Lipinski definition) is 2. The first-order valence-corrected chi connectivity index (χ1v) is 6.62. The van der Waals surface area contributed by atoms with Crippen LogP contribution in [0.5, 0.6) is 5.75 Å². The van der Waals surface area contributed by atoms with E-state index in [2.05, 4.69) is 10.5 Å². The standard InChI is InChI=1S/C15H18N2O4/c1-10(9-18)16-15(19)8-12-7-14(21-17-12)11-4-3-5-13(6-11)20-2/h3-7,10,18H,8-9H2,1-2H3,(H,16,19)/t10-/m0/s1. The summed E-state index contributed by atoms with van der Waals surface area (Å²) in [6.07, 6.45) is 0.109. The molecule has 0 unspecified atom stereocenters. The molecule has 112 valence electrons. The number of aliphatic hydroxyl groups is 1. The molecule has 0 fully saturated rings. The highest BCUT2D eigenvalue weighted by Crippen LogP contribution is 2.24. The zero-order valence-corrected chi connectivity index (χ0v) is 12.0. The maximum Gasteiger partial charge on any atom is 0.226 e. The second kappa shape index (κ2) is 6.90. The molecule has 2 aromatic rings. The van der Waals surface area contributed by atoms with Gasteiger partial charge in [-0.15, -0.1) is 0 Å². The van der Waals surface area contributed by atoms with Crippen LogP contribution in [0.4, 0.5) is 0 Å². The van der Waals surface area contributed by atoms with E-state index in [1.165, 1.54) is 0 Å². The Morgan fingerprint density at radius 3 is 3.00 bits per heavy atom. The van der Waals surface area contributed by atoms with Crippen molar-refractivity contribution in [3.63, 3.8) is 0 Å². The SMILES string of the molecule is COc1cccc(-c2cc(CC(=O)N[C@@H](C)CO)no2)c1. The molecular formula is C15H18N2O4. The number of nitrogens with one attached hydrogen (secondary N) is 1. The number of carbonyl (C=O) groups is 1. The summed E-state index contributed by atoms with van der Waals surface area (Å²) in [6.45, 7) is 1.63. The van der Waals surface area contributed by atoms with E-state index in [9.17, 15) is 4.79 Å². The van der Waals surface area contributed by atoms with Crippen LogP contribution in [0, 0.1) is 0 Å². The molecular weight excluding hydrogens is 272 g/mol. The van der Waals surface area contributed by atoms with Gasteiger partial charge in [0.2, 0.25) is 5.91 Å². The van der Waals surface area contributed by atoms with E-state index in [0.717, 1.165) is 11.3 Å². The third kappa shape index (κ3) is 4.06. The molecule has 0 spiro atoms. The molecule has 1 aromatic heterocycles. The number of nitrogens with zero attached hydrogens (tertiary/aromatic N) is 1. The molecule has 6 heteroatoms. The Morgan fingerprint density at radius 1 is 1.48 bits per heavy atom. The zero-order valence-electron chi connectivity index (χ0n) is 12.0. The molecule has 0 bridgehead atoms. The lowest BCUT2D eigenvalue weighted by atomic mass is 10.1. The molecule has 1 heterocycles. The number of methoxy groups -OCH3 is 1. The van der Waals surface area contributed by atoms with Gasteiger partial charge in [0, 0.05) is 17.7 Å². The van der Waals surface area contributed by atoms with E-state index in [1.807, 2.05) is 24.3 Å². The predicted molar refractivity (Wildman–Crippen MR) is 76.9 cm³/mol. The maximum absolute atomic E-state index is 11.7. The van der Waals surface area contributed by atoms with Crippen LogP contribution in [0.25, 0.3) is 11.3 Å². The number of amides is 1. The smallest absolute Gasteiger partial charge is 0.226 e. The van der Waals surface area contributed by atoms with Crippen molar-refractivity contribution >= 4 is 5.91 Å². The monoisotopic (exact) mass is 290 g/mol. The molecule has 0 aliphatic heterocycles. The number of carbonyl (C=O) groups excluding carboxylic acids is 1. The first-order valence-electron chi connectivity index (χ1n) is 6.62. The lowest BCUT2D eigenvalue weighted by Crippen LogP contribution is -2.36. The van der Waals surface area contributed by atoms with Crippen LogP contribution in [0.3, 0.4) is 0 Å². The van der Waals surface area contributed by atoms with Gasteiger partial charge in [-0.2, -0.15) is 0 Å². The number of aliphatic hydroxyl groups excluding tert-OH is 1. The minimum absolute atomic E-state index is 0.0976. The Morgan fingerprint density at radius 2 is 2.29 bits per heavy atom. The van der Waals surface area contributed by atoms with Crippen LogP contribution in [0.1, 0.15) is 12.6 Å². The van der Waals surface area contributed by atoms with E-state index in [-0.39, 0.29) is 25.0 Å². The minimum atomic E-state index is -0.276. The van der Waals surface area contributed by atoms with Gasteiger partial charge in [-0.25, -0.2) is 0 Å². The third-order valence-electron chi connectivity index (χ3n) is 2.94. The molecule has 0 saturated carbocycles. The summed E-state index contributed by atoms with van der Waals surface area (Å²) in [5.74, 6) is 1.09. The summed E-state index contributed by atoms with van der Waals surface area (Å²) in [7, 11) is 1.59. The summed E-state index contributed by atoms with van der Waals surface area (Å²) in [6, 6.07) is 8.84. The fourth-order valence-corrected chi connectivity index (χ4v) is 1.84. The van der Waals surface area contributed by atoms with Crippen LogP contribution in [0.15, 0.2) is 34.9 Å². The Balaban J connectivity index is 2.05. The molecule has 0 aliphatic carbocycles. The summed E-state index contributed by atoms with van der Waals surface area (Å²) < 4.78 is 10.4. The van der Waals surface area contributed by atoms with Crippen LogP contribution < -0.4 is 10.1 Å². The second-order valence-electron chi connectivity index (χ2n) is 4.74. The quantitative estimate of drug-likeness (QED) is 0.840. The lowest BCUT2D eigenvalue weighted by molar-refractivity contribution is -0.121. The van der Waals surface area contributed by atoms with E-state index in [0.29, 0.717) is 11.5 Å². The second-order valence-corrected chi connectivity index (χ2v) is 4.74. The predicted octanol–water partition coefficient (Wildman–Crippen LogP) is 1.39. The molecule has 2 rings (SSSR count). The summed E-state index contributed by atoms with van der Waals surface area (Å²) in [5.41, 5.74) is 1.37. The summed E-state index contributed by atoms with van der Waals surface area (Å²) in [5, 5.41) is 15.4. The highest BCUT2D eigenvalue weighted by atomic mass is 16.5. The number of ether oxygens (including phenoxy) is 1. The number of benzene rings is 1. The van der Waals surface area contributed by atoms with Crippen molar-refractivity contribution in [3.8, 4) is 17.1 Å². The van der Waals surface area contributed by atoms with Crippen LogP contribution in [-0.4, -0.2) is 35.9 Å². The van der Waals surface area contributed by atoms with E-state index < -0.39 is 0 Å². The topological polar surface area (TPSA) is 84.6 Å². The molecule has 6 nitrogen and oxygen atoms in total. The average Bonchev–Trinajstić information content (AvgIpc) is 2.95.